The van der Waals surface area contributed by atoms with Crippen LogP contribution in [-0.2, 0) is 9.53 Å². The summed E-state index contributed by atoms with van der Waals surface area (Å²) in [5, 5.41) is 0. The van der Waals surface area contributed by atoms with Gasteiger partial charge in [-0.25, -0.2) is 0 Å². The molecule has 0 amide bonds. The molecule has 0 saturated heterocycles. The van der Waals surface area contributed by atoms with Crippen molar-refractivity contribution < 1.29 is 9.53 Å². The Bertz CT molecular complexity index is 308. The molecule has 0 spiro atoms. The van der Waals surface area contributed by atoms with Crippen molar-refractivity contribution in [2.45, 2.75) is 26.2 Å². The van der Waals surface area contributed by atoms with Gasteiger partial charge in [-0.15, -0.1) is 0 Å². The Morgan fingerprint density at radius 3 is 3.07 bits per heavy atom. The van der Waals surface area contributed by atoms with E-state index in [4.69, 9.17) is 4.74 Å². The minimum Gasteiger partial charge on any atom is -0.466 e. The standard InChI is InChI=1S/C13H18O2/c1-2-15-13(14)12-7-8-6-11(12)10-5-3-4-9(8)10/h3-4,8-12H,2,5-7H2,1H3. The van der Waals surface area contributed by atoms with Crippen LogP contribution >= 0.6 is 0 Å². The molecular formula is C13H18O2. The van der Waals surface area contributed by atoms with Gasteiger partial charge in [-0.2, -0.15) is 0 Å². The summed E-state index contributed by atoms with van der Waals surface area (Å²) in [6, 6.07) is 0. The van der Waals surface area contributed by atoms with Crippen LogP contribution in [0.15, 0.2) is 12.2 Å². The summed E-state index contributed by atoms with van der Waals surface area (Å²) in [6.45, 7) is 2.42. The van der Waals surface area contributed by atoms with Crippen LogP contribution in [0.4, 0.5) is 0 Å². The second-order valence-electron chi connectivity index (χ2n) is 5.16. The van der Waals surface area contributed by atoms with E-state index >= 15 is 0 Å². The van der Waals surface area contributed by atoms with Crippen LogP contribution in [0.5, 0.6) is 0 Å². The first-order valence-electron chi connectivity index (χ1n) is 6.14. The number of esters is 1. The second kappa shape index (κ2) is 3.36. The molecule has 3 aliphatic rings. The summed E-state index contributed by atoms with van der Waals surface area (Å²) in [4.78, 5) is 11.8. The molecule has 0 aromatic carbocycles. The Morgan fingerprint density at radius 2 is 2.27 bits per heavy atom. The van der Waals surface area contributed by atoms with Gasteiger partial charge in [0.05, 0.1) is 12.5 Å². The lowest BCUT2D eigenvalue weighted by molar-refractivity contribution is -0.150. The van der Waals surface area contributed by atoms with Crippen molar-refractivity contribution in [1.82, 2.24) is 0 Å². The van der Waals surface area contributed by atoms with Gasteiger partial charge in [0.25, 0.3) is 0 Å². The summed E-state index contributed by atoms with van der Waals surface area (Å²) in [5.74, 6) is 3.23. The van der Waals surface area contributed by atoms with Crippen molar-refractivity contribution in [3.63, 3.8) is 0 Å². The fraction of sp³-hybridized carbons (Fsp3) is 0.769. The molecule has 2 heteroatoms. The van der Waals surface area contributed by atoms with Crippen molar-refractivity contribution in [3.05, 3.63) is 12.2 Å². The molecule has 0 aromatic rings. The normalized spacial score (nSPS) is 45.8. The molecule has 15 heavy (non-hydrogen) atoms. The number of carbonyl (C=O) groups is 1. The maximum absolute atomic E-state index is 11.8. The number of carbonyl (C=O) groups excluding carboxylic acids is 1. The molecule has 2 nitrogen and oxygen atoms in total. The average Bonchev–Trinajstić information content (AvgIpc) is 2.90. The third-order valence-electron chi connectivity index (χ3n) is 4.59. The highest BCUT2D eigenvalue weighted by atomic mass is 16.5. The number of rotatable bonds is 2. The first-order valence-corrected chi connectivity index (χ1v) is 6.14. The first-order chi connectivity index (χ1) is 7.31. The minimum atomic E-state index is 0.0651. The largest absolute Gasteiger partial charge is 0.466 e. The van der Waals surface area contributed by atoms with Crippen molar-refractivity contribution >= 4 is 5.97 Å². The van der Waals surface area contributed by atoms with Crippen LogP contribution in [0.2, 0.25) is 0 Å². The fourth-order valence-corrected chi connectivity index (χ4v) is 4.08. The molecule has 82 valence electrons. The number of fused-ring (bicyclic) bond motifs is 5. The van der Waals surface area contributed by atoms with Crippen LogP contribution in [0, 0.1) is 29.6 Å². The molecule has 3 aliphatic carbocycles. The van der Waals surface area contributed by atoms with Crippen molar-refractivity contribution in [1.29, 1.82) is 0 Å². The molecular weight excluding hydrogens is 188 g/mol. The Kier molecular flexibility index (Phi) is 2.11. The lowest BCUT2D eigenvalue weighted by Gasteiger charge is -2.29. The summed E-state index contributed by atoms with van der Waals surface area (Å²) in [7, 11) is 0. The number of hydrogen-bond donors (Lipinski definition) is 0. The van der Waals surface area contributed by atoms with Gasteiger partial charge in [0.15, 0.2) is 0 Å². The summed E-state index contributed by atoms with van der Waals surface area (Å²) in [6.07, 6.45) is 8.23. The number of ether oxygens (including phenoxy) is 1. The van der Waals surface area contributed by atoms with E-state index < -0.39 is 0 Å². The van der Waals surface area contributed by atoms with Gasteiger partial charge in [-0.05, 0) is 49.9 Å². The molecule has 5 unspecified atom stereocenters. The lowest BCUT2D eigenvalue weighted by Crippen LogP contribution is -2.31. The van der Waals surface area contributed by atoms with E-state index in [0.717, 1.165) is 24.2 Å². The van der Waals surface area contributed by atoms with Gasteiger partial charge < -0.3 is 4.74 Å². The first kappa shape index (κ1) is 9.44. The molecule has 2 saturated carbocycles. The monoisotopic (exact) mass is 206 g/mol. The molecule has 0 aliphatic heterocycles. The topological polar surface area (TPSA) is 26.3 Å². The average molecular weight is 206 g/mol. The highest BCUT2D eigenvalue weighted by Crippen LogP contribution is 2.59. The van der Waals surface area contributed by atoms with E-state index in [1.807, 2.05) is 6.92 Å². The van der Waals surface area contributed by atoms with E-state index in [9.17, 15) is 4.79 Å². The van der Waals surface area contributed by atoms with Crippen molar-refractivity contribution in [2.24, 2.45) is 29.6 Å². The van der Waals surface area contributed by atoms with E-state index in [2.05, 4.69) is 12.2 Å². The van der Waals surface area contributed by atoms with Gasteiger partial charge in [0.1, 0.15) is 0 Å². The molecule has 2 fully saturated rings. The zero-order chi connectivity index (χ0) is 10.4. The minimum absolute atomic E-state index is 0.0651. The van der Waals surface area contributed by atoms with Crippen molar-refractivity contribution in [2.75, 3.05) is 6.61 Å². The fourth-order valence-electron chi connectivity index (χ4n) is 4.08. The Morgan fingerprint density at radius 1 is 1.40 bits per heavy atom. The van der Waals surface area contributed by atoms with E-state index in [1.54, 1.807) is 0 Å². The smallest absolute Gasteiger partial charge is 0.309 e. The number of hydrogen-bond acceptors (Lipinski definition) is 2. The van der Waals surface area contributed by atoms with Gasteiger partial charge in [0.2, 0.25) is 0 Å². The van der Waals surface area contributed by atoms with Gasteiger partial charge in [-0.3, -0.25) is 4.79 Å². The predicted octanol–water partition coefficient (Wildman–Crippen LogP) is 2.40. The van der Waals surface area contributed by atoms with E-state index in [-0.39, 0.29) is 11.9 Å². The third kappa shape index (κ3) is 1.27. The molecule has 3 rings (SSSR count). The van der Waals surface area contributed by atoms with Gasteiger partial charge >= 0.3 is 5.97 Å². The predicted molar refractivity (Wildman–Crippen MR) is 57.1 cm³/mol. The van der Waals surface area contributed by atoms with Crippen LogP contribution in [-0.4, -0.2) is 12.6 Å². The van der Waals surface area contributed by atoms with Crippen LogP contribution in [0.1, 0.15) is 26.2 Å². The van der Waals surface area contributed by atoms with Crippen molar-refractivity contribution in [3.8, 4) is 0 Å². The Balaban J connectivity index is 1.74. The molecule has 5 atom stereocenters. The summed E-state index contributed by atoms with van der Waals surface area (Å²) >= 11 is 0. The number of allylic oxidation sites excluding steroid dienone is 2. The van der Waals surface area contributed by atoms with Crippen LogP contribution < -0.4 is 0 Å². The van der Waals surface area contributed by atoms with Gasteiger partial charge in [-0.1, -0.05) is 12.2 Å². The van der Waals surface area contributed by atoms with E-state index in [1.165, 1.54) is 12.8 Å². The zero-order valence-electron chi connectivity index (χ0n) is 9.19. The summed E-state index contributed by atoms with van der Waals surface area (Å²) in [5.41, 5.74) is 0. The molecule has 0 radical (unpaired) electrons. The molecule has 0 N–H and O–H groups in total. The highest BCUT2D eigenvalue weighted by Gasteiger charge is 2.54. The lowest BCUT2D eigenvalue weighted by atomic mass is 9.75. The molecule has 0 heterocycles. The maximum atomic E-state index is 11.8. The van der Waals surface area contributed by atoms with Crippen LogP contribution in [0.3, 0.4) is 0 Å². The summed E-state index contributed by atoms with van der Waals surface area (Å²) < 4.78 is 5.17. The molecule has 0 aromatic heterocycles. The zero-order valence-corrected chi connectivity index (χ0v) is 9.19. The Hall–Kier alpha value is -0.790. The maximum Gasteiger partial charge on any atom is 0.309 e. The third-order valence-corrected chi connectivity index (χ3v) is 4.59. The Labute approximate surface area is 90.7 Å². The quantitative estimate of drug-likeness (QED) is 0.512. The van der Waals surface area contributed by atoms with Crippen LogP contribution in [0.25, 0.3) is 0 Å². The van der Waals surface area contributed by atoms with Gasteiger partial charge in [0, 0.05) is 0 Å². The SMILES string of the molecule is CCOC(=O)C1CC2CC1C1CC=CC21. The second-order valence-corrected chi connectivity index (χ2v) is 5.16. The van der Waals surface area contributed by atoms with E-state index in [0.29, 0.717) is 12.5 Å². The molecule has 2 bridgehead atoms. The highest BCUT2D eigenvalue weighted by molar-refractivity contribution is 5.73.